The molecule has 0 amide bonds. The summed E-state index contributed by atoms with van der Waals surface area (Å²) >= 11 is 0. The van der Waals surface area contributed by atoms with E-state index in [9.17, 15) is 0 Å². The van der Waals surface area contributed by atoms with Crippen molar-refractivity contribution in [2.75, 3.05) is 0 Å². The highest BCUT2D eigenvalue weighted by Crippen LogP contribution is 2.35. The molecule has 0 unspecified atom stereocenters. The van der Waals surface area contributed by atoms with Gasteiger partial charge in [0.05, 0.1) is 5.69 Å². The first kappa shape index (κ1) is 6.85. The van der Waals surface area contributed by atoms with E-state index >= 15 is 0 Å². The number of hydrogen-bond acceptors (Lipinski definition) is 3. The zero-order valence-electron chi connectivity index (χ0n) is 6.63. The van der Waals surface area contributed by atoms with Gasteiger partial charge in [-0.1, -0.05) is 5.16 Å². The van der Waals surface area contributed by atoms with Crippen molar-refractivity contribution in [3.8, 4) is 0 Å². The molecule has 1 aromatic heterocycles. The summed E-state index contributed by atoms with van der Waals surface area (Å²) < 4.78 is 5.05. The number of rotatable bonds is 2. The van der Waals surface area contributed by atoms with E-state index in [-0.39, 0.29) is 5.54 Å². The van der Waals surface area contributed by atoms with E-state index < -0.39 is 0 Å². The molecule has 60 valence electrons. The van der Waals surface area contributed by atoms with Gasteiger partial charge in [-0.05, 0) is 19.8 Å². The molecule has 1 heterocycles. The highest BCUT2D eigenvalue weighted by molar-refractivity contribution is 5.12. The Labute approximate surface area is 65.6 Å². The van der Waals surface area contributed by atoms with Crippen LogP contribution in [0.15, 0.2) is 10.6 Å². The first-order valence-corrected chi connectivity index (χ1v) is 3.89. The van der Waals surface area contributed by atoms with Gasteiger partial charge < -0.3 is 10.3 Å². The average Bonchev–Trinajstić information content (AvgIpc) is 2.49. The van der Waals surface area contributed by atoms with Crippen molar-refractivity contribution >= 4 is 0 Å². The SMILES string of the molecule is Cc1cc(CC2(N)CC2)on1. The van der Waals surface area contributed by atoms with Crippen molar-refractivity contribution in [3.05, 3.63) is 17.5 Å². The van der Waals surface area contributed by atoms with Gasteiger partial charge >= 0.3 is 0 Å². The molecule has 1 aromatic rings. The molecule has 0 saturated heterocycles. The topological polar surface area (TPSA) is 52.0 Å². The quantitative estimate of drug-likeness (QED) is 0.688. The fourth-order valence-corrected chi connectivity index (χ4v) is 1.18. The van der Waals surface area contributed by atoms with Crippen LogP contribution in [-0.4, -0.2) is 10.7 Å². The largest absolute Gasteiger partial charge is 0.361 e. The Morgan fingerprint density at radius 2 is 2.45 bits per heavy atom. The van der Waals surface area contributed by atoms with Gasteiger partial charge in [0.15, 0.2) is 0 Å². The minimum Gasteiger partial charge on any atom is -0.361 e. The van der Waals surface area contributed by atoms with Gasteiger partial charge in [0.25, 0.3) is 0 Å². The highest BCUT2D eigenvalue weighted by atomic mass is 16.5. The first-order chi connectivity index (χ1) is 5.18. The summed E-state index contributed by atoms with van der Waals surface area (Å²) in [6.45, 7) is 1.92. The number of aromatic nitrogens is 1. The minimum absolute atomic E-state index is 0.0337. The second kappa shape index (κ2) is 2.08. The molecule has 0 bridgehead atoms. The molecule has 0 radical (unpaired) electrons. The maximum absolute atomic E-state index is 5.90. The van der Waals surface area contributed by atoms with Crippen LogP contribution in [0.3, 0.4) is 0 Å². The Balaban J connectivity index is 2.06. The molecule has 0 aliphatic heterocycles. The summed E-state index contributed by atoms with van der Waals surface area (Å²) in [7, 11) is 0. The molecule has 1 aliphatic carbocycles. The maximum atomic E-state index is 5.90. The van der Waals surface area contributed by atoms with E-state index in [2.05, 4.69) is 5.16 Å². The Kier molecular flexibility index (Phi) is 1.29. The van der Waals surface area contributed by atoms with E-state index in [1.165, 1.54) is 0 Å². The van der Waals surface area contributed by atoms with Gasteiger partial charge in [-0.15, -0.1) is 0 Å². The van der Waals surface area contributed by atoms with Crippen LogP contribution < -0.4 is 5.73 Å². The van der Waals surface area contributed by atoms with Gasteiger partial charge in [-0.3, -0.25) is 0 Å². The molecule has 11 heavy (non-hydrogen) atoms. The van der Waals surface area contributed by atoms with E-state index in [1.807, 2.05) is 13.0 Å². The molecule has 0 atom stereocenters. The number of aryl methyl sites for hydroxylation is 1. The third kappa shape index (κ3) is 1.43. The Morgan fingerprint density at radius 3 is 2.91 bits per heavy atom. The summed E-state index contributed by atoms with van der Waals surface area (Å²) in [4.78, 5) is 0. The molecule has 0 spiro atoms. The fourth-order valence-electron chi connectivity index (χ4n) is 1.18. The van der Waals surface area contributed by atoms with Crippen LogP contribution in [0.5, 0.6) is 0 Å². The van der Waals surface area contributed by atoms with Crippen molar-refractivity contribution in [3.63, 3.8) is 0 Å². The number of hydrogen-bond donors (Lipinski definition) is 1. The van der Waals surface area contributed by atoms with Crippen molar-refractivity contribution in [2.24, 2.45) is 5.73 Å². The molecular weight excluding hydrogens is 140 g/mol. The summed E-state index contributed by atoms with van der Waals surface area (Å²) in [5, 5.41) is 3.80. The number of nitrogens with zero attached hydrogens (tertiary/aromatic N) is 1. The van der Waals surface area contributed by atoms with Gasteiger partial charge in [-0.25, -0.2) is 0 Å². The lowest BCUT2D eigenvalue weighted by Gasteiger charge is -2.02. The Morgan fingerprint density at radius 1 is 1.73 bits per heavy atom. The predicted octanol–water partition coefficient (Wildman–Crippen LogP) is 1.02. The molecule has 1 saturated carbocycles. The average molecular weight is 152 g/mol. The van der Waals surface area contributed by atoms with Crippen LogP contribution in [0, 0.1) is 6.92 Å². The first-order valence-electron chi connectivity index (χ1n) is 3.89. The molecule has 0 aromatic carbocycles. The van der Waals surface area contributed by atoms with E-state index in [4.69, 9.17) is 10.3 Å². The second-order valence-corrected chi connectivity index (χ2v) is 3.47. The lowest BCUT2D eigenvalue weighted by atomic mass is 10.1. The molecule has 2 rings (SSSR count). The van der Waals surface area contributed by atoms with Crippen LogP contribution in [0.4, 0.5) is 0 Å². The van der Waals surface area contributed by atoms with Crippen LogP contribution in [0.25, 0.3) is 0 Å². The van der Waals surface area contributed by atoms with E-state index in [1.54, 1.807) is 0 Å². The van der Waals surface area contributed by atoms with Crippen molar-refractivity contribution in [1.29, 1.82) is 0 Å². The molecule has 1 aliphatic rings. The van der Waals surface area contributed by atoms with Gasteiger partial charge in [0.2, 0.25) is 0 Å². The second-order valence-electron chi connectivity index (χ2n) is 3.47. The summed E-state index contributed by atoms with van der Waals surface area (Å²) in [5.41, 5.74) is 6.87. The molecule has 3 heteroatoms. The van der Waals surface area contributed by atoms with Crippen LogP contribution >= 0.6 is 0 Å². The van der Waals surface area contributed by atoms with Crippen LogP contribution in [0.2, 0.25) is 0 Å². The third-order valence-electron chi connectivity index (χ3n) is 2.10. The summed E-state index contributed by atoms with van der Waals surface area (Å²) in [5.74, 6) is 0.919. The van der Waals surface area contributed by atoms with Crippen molar-refractivity contribution < 1.29 is 4.52 Å². The molecule has 1 fully saturated rings. The third-order valence-corrected chi connectivity index (χ3v) is 2.10. The molecule has 3 nitrogen and oxygen atoms in total. The van der Waals surface area contributed by atoms with E-state index in [0.717, 1.165) is 30.7 Å². The minimum atomic E-state index is 0.0337. The van der Waals surface area contributed by atoms with Gasteiger partial charge in [0.1, 0.15) is 5.76 Å². The van der Waals surface area contributed by atoms with Gasteiger partial charge in [0, 0.05) is 18.0 Å². The highest BCUT2D eigenvalue weighted by Gasteiger charge is 2.39. The van der Waals surface area contributed by atoms with Crippen molar-refractivity contribution in [1.82, 2.24) is 5.16 Å². The summed E-state index contributed by atoms with van der Waals surface area (Å²) in [6, 6.07) is 1.95. The van der Waals surface area contributed by atoms with Crippen LogP contribution in [-0.2, 0) is 6.42 Å². The normalized spacial score (nSPS) is 20.2. The van der Waals surface area contributed by atoms with E-state index in [0.29, 0.717) is 0 Å². The molecule has 2 N–H and O–H groups in total. The van der Waals surface area contributed by atoms with Gasteiger partial charge in [-0.2, -0.15) is 0 Å². The summed E-state index contributed by atoms with van der Waals surface area (Å²) in [6.07, 6.45) is 3.08. The standard InChI is InChI=1S/C8H12N2O/c1-6-4-7(11-10-6)5-8(9)2-3-8/h4H,2-3,5,9H2,1H3. The lowest BCUT2D eigenvalue weighted by Crippen LogP contribution is -2.24. The van der Waals surface area contributed by atoms with Crippen molar-refractivity contribution in [2.45, 2.75) is 31.7 Å². The smallest absolute Gasteiger partial charge is 0.138 e. The Bertz CT molecular complexity index is 263. The fraction of sp³-hybridized carbons (Fsp3) is 0.625. The zero-order chi connectivity index (χ0) is 7.90. The molecular formula is C8H12N2O. The Hall–Kier alpha value is -0.830. The predicted molar refractivity (Wildman–Crippen MR) is 41.1 cm³/mol. The number of nitrogens with two attached hydrogens (primary N) is 1. The zero-order valence-corrected chi connectivity index (χ0v) is 6.63. The monoisotopic (exact) mass is 152 g/mol. The maximum Gasteiger partial charge on any atom is 0.138 e. The lowest BCUT2D eigenvalue weighted by molar-refractivity contribution is 0.368. The van der Waals surface area contributed by atoms with Crippen LogP contribution in [0.1, 0.15) is 24.3 Å².